The molecule has 0 unspecified atom stereocenters. The predicted molar refractivity (Wildman–Crippen MR) is 75.0 cm³/mol. The van der Waals surface area contributed by atoms with Gasteiger partial charge in [0.2, 0.25) is 0 Å². The molecule has 2 aromatic rings. The molecule has 0 aliphatic heterocycles. The number of carbonyl (C=O) groups excluding carboxylic acids is 1. The first-order valence-corrected chi connectivity index (χ1v) is 6.21. The smallest absolute Gasteiger partial charge is 0.347 e. The number of aromatic nitrogens is 1. The molecular weight excluding hydrogens is 258 g/mol. The highest BCUT2D eigenvalue weighted by Crippen LogP contribution is 2.30. The molecule has 2 rings (SSSR count). The minimum absolute atomic E-state index is 0.115. The van der Waals surface area contributed by atoms with Gasteiger partial charge in [-0.2, -0.15) is 0 Å². The third-order valence-electron chi connectivity index (χ3n) is 2.81. The van der Waals surface area contributed by atoms with Gasteiger partial charge in [0.1, 0.15) is 5.75 Å². The van der Waals surface area contributed by atoms with E-state index in [9.17, 15) is 9.59 Å². The molecule has 0 aliphatic rings. The van der Waals surface area contributed by atoms with E-state index in [4.69, 9.17) is 9.47 Å². The molecule has 5 nitrogen and oxygen atoms in total. The molecule has 0 saturated heterocycles. The summed E-state index contributed by atoms with van der Waals surface area (Å²) in [6.07, 6.45) is 1.53. The van der Waals surface area contributed by atoms with Gasteiger partial charge >= 0.3 is 5.97 Å². The molecule has 0 bridgehead atoms. The molecule has 0 atom stereocenters. The van der Waals surface area contributed by atoms with Crippen LogP contribution in [0.4, 0.5) is 0 Å². The predicted octanol–water partition coefficient (Wildman–Crippen LogP) is 2.23. The molecule has 104 valence electrons. The standard InChI is InChI=1S/C15H15NO4/c1-3-20-15(18)12-13(19-2)11(9-16-14(12)17)10-7-5-4-6-8-10/h4-9H,3H2,1-2H3,(H,16,17). The van der Waals surface area contributed by atoms with E-state index in [1.807, 2.05) is 30.3 Å². The molecule has 20 heavy (non-hydrogen) atoms. The van der Waals surface area contributed by atoms with Gasteiger partial charge in [-0.05, 0) is 12.5 Å². The first kappa shape index (κ1) is 13.9. The number of ether oxygens (including phenoxy) is 2. The Morgan fingerprint density at radius 1 is 1.25 bits per heavy atom. The molecular formula is C15H15NO4. The maximum Gasteiger partial charge on any atom is 0.347 e. The maximum atomic E-state index is 11.9. The first-order valence-electron chi connectivity index (χ1n) is 6.21. The summed E-state index contributed by atoms with van der Waals surface area (Å²) in [4.78, 5) is 26.3. The van der Waals surface area contributed by atoms with Crippen LogP contribution in [0.2, 0.25) is 0 Å². The van der Waals surface area contributed by atoms with E-state index in [0.717, 1.165) is 5.56 Å². The van der Waals surface area contributed by atoms with E-state index in [2.05, 4.69) is 4.98 Å². The minimum Gasteiger partial charge on any atom is -0.495 e. The summed E-state index contributed by atoms with van der Waals surface area (Å²) in [6.45, 7) is 1.87. The lowest BCUT2D eigenvalue weighted by atomic mass is 10.0. The van der Waals surface area contributed by atoms with E-state index in [1.54, 1.807) is 6.92 Å². The van der Waals surface area contributed by atoms with Gasteiger partial charge < -0.3 is 14.5 Å². The Hall–Kier alpha value is -2.56. The van der Waals surface area contributed by atoms with Gasteiger partial charge in [-0.15, -0.1) is 0 Å². The highest BCUT2D eigenvalue weighted by atomic mass is 16.5. The average molecular weight is 273 g/mol. The first-order chi connectivity index (χ1) is 9.69. The molecule has 0 saturated carbocycles. The van der Waals surface area contributed by atoms with Crippen LogP contribution in [-0.2, 0) is 4.74 Å². The third kappa shape index (κ3) is 2.56. The fraction of sp³-hybridized carbons (Fsp3) is 0.200. The highest BCUT2D eigenvalue weighted by Gasteiger charge is 2.22. The van der Waals surface area contributed by atoms with Gasteiger partial charge in [0, 0.05) is 11.8 Å². The summed E-state index contributed by atoms with van der Waals surface area (Å²) in [5, 5.41) is 0. The monoisotopic (exact) mass is 273 g/mol. The van der Waals surface area contributed by atoms with Crippen molar-refractivity contribution in [3.63, 3.8) is 0 Å². The molecule has 5 heteroatoms. The number of nitrogens with one attached hydrogen (secondary N) is 1. The number of rotatable bonds is 4. The Morgan fingerprint density at radius 3 is 2.55 bits per heavy atom. The van der Waals surface area contributed by atoms with Crippen LogP contribution in [-0.4, -0.2) is 24.7 Å². The number of benzene rings is 1. The van der Waals surface area contributed by atoms with Crippen molar-refractivity contribution in [1.82, 2.24) is 4.98 Å². The van der Waals surface area contributed by atoms with Crippen molar-refractivity contribution in [3.05, 3.63) is 52.4 Å². The van der Waals surface area contributed by atoms with Crippen LogP contribution in [0.1, 0.15) is 17.3 Å². The fourth-order valence-electron chi connectivity index (χ4n) is 1.95. The van der Waals surface area contributed by atoms with E-state index in [0.29, 0.717) is 5.56 Å². The number of hydrogen-bond acceptors (Lipinski definition) is 4. The number of aromatic amines is 1. The third-order valence-corrected chi connectivity index (χ3v) is 2.81. The largest absolute Gasteiger partial charge is 0.495 e. The van der Waals surface area contributed by atoms with Crippen LogP contribution in [0.25, 0.3) is 11.1 Å². The Labute approximate surface area is 116 Å². The summed E-state index contributed by atoms with van der Waals surface area (Å²) in [5.41, 5.74) is 0.831. The average Bonchev–Trinajstić information content (AvgIpc) is 2.47. The summed E-state index contributed by atoms with van der Waals surface area (Å²) in [7, 11) is 1.42. The number of methoxy groups -OCH3 is 1. The second-order valence-electron chi connectivity index (χ2n) is 4.03. The minimum atomic E-state index is -0.691. The number of esters is 1. The number of H-pyrrole nitrogens is 1. The number of hydrogen-bond donors (Lipinski definition) is 1. The van der Waals surface area contributed by atoms with Gasteiger partial charge in [-0.25, -0.2) is 4.79 Å². The lowest BCUT2D eigenvalue weighted by Gasteiger charge is -2.12. The van der Waals surface area contributed by atoms with Gasteiger partial charge in [0.15, 0.2) is 5.56 Å². The van der Waals surface area contributed by atoms with Gasteiger partial charge in [-0.3, -0.25) is 4.79 Å². The lowest BCUT2D eigenvalue weighted by Crippen LogP contribution is -2.21. The quantitative estimate of drug-likeness (QED) is 0.867. The molecule has 1 aromatic heterocycles. The van der Waals surface area contributed by atoms with E-state index in [1.165, 1.54) is 13.3 Å². The Morgan fingerprint density at radius 2 is 1.95 bits per heavy atom. The van der Waals surface area contributed by atoms with Crippen LogP contribution in [0, 0.1) is 0 Å². The molecule has 1 N–H and O–H groups in total. The molecule has 0 amide bonds. The van der Waals surface area contributed by atoms with Crippen molar-refractivity contribution in [1.29, 1.82) is 0 Å². The van der Waals surface area contributed by atoms with Crippen molar-refractivity contribution >= 4 is 5.97 Å². The lowest BCUT2D eigenvalue weighted by molar-refractivity contribution is 0.0520. The summed E-state index contributed by atoms with van der Waals surface area (Å²) in [6, 6.07) is 9.35. The van der Waals surface area contributed by atoms with Crippen LogP contribution in [0.15, 0.2) is 41.3 Å². The Kier molecular flexibility index (Phi) is 4.20. The molecule has 0 radical (unpaired) electrons. The Bertz CT molecular complexity index is 661. The topological polar surface area (TPSA) is 68.4 Å². The van der Waals surface area contributed by atoms with Crippen molar-refractivity contribution in [2.45, 2.75) is 6.92 Å². The van der Waals surface area contributed by atoms with Crippen molar-refractivity contribution in [2.24, 2.45) is 0 Å². The molecule has 1 aromatic carbocycles. The summed E-state index contributed by atoms with van der Waals surface area (Å²) < 4.78 is 10.2. The van der Waals surface area contributed by atoms with Crippen LogP contribution >= 0.6 is 0 Å². The SMILES string of the molecule is CCOC(=O)c1c(OC)c(-c2ccccc2)c[nH]c1=O. The normalized spacial score (nSPS) is 10.1. The van der Waals surface area contributed by atoms with Gasteiger partial charge in [0.05, 0.1) is 13.7 Å². The van der Waals surface area contributed by atoms with E-state index in [-0.39, 0.29) is 17.9 Å². The van der Waals surface area contributed by atoms with Crippen LogP contribution in [0.3, 0.4) is 0 Å². The zero-order valence-electron chi connectivity index (χ0n) is 11.3. The molecule has 0 aliphatic carbocycles. The zero-order valence-corrected chi connectivity index (χ0v) is 11.3. The van der Waals surface area contributed by atoms with Crippen molar-refractivity contribution in [3.8, 4) is 16.9 Å². The molecule has 0 spiro atoms. The number of carbonyl (C=O) groups is 1. The second-order valence-corrected chi connectivity index (χ2v) is 4.03. The highest BCUT2D eigenvalue weighted by molar-refractivity contribution is 5.95. The van der Waals surface area contributed by atoms with Crippen LogP contribution in [0.5, 0.6) is 5.75 Å². The summed E-state index contributed by atoms with van der Waals surface area (Å²) in [5.74, 6) is -0.471. The zero-order chi connectivity index (χ0) is 14.5. The Balaban J connectivity index is 2.64. The van der Waals surface area contributed by atoms with Gasteiger partial charge in [-0.1, -0.05) is 30.3 Å². The molecule has 0 fully saturated rings. The second kappa shape index (κ2) is 6.06. The molecule has 1 heterocycles. The van der Waals surface area contributed by atoms with Gasteiger partial charge in [0.25, 0.3) is 5.56 Å². The van der Waals surface area contributed by atoms with Crippen molar-refractivity contribution < 1.29 is 14.3 Å². The van der Waals surface area contributed by atoms with E-state index >= 15 is 0 Å². The van der Waals surface area contributed by atoms with Crippen molar-refractivity contribution in [2.75, 3.05) is 13.7 Å². The number of pyridine rings is 1. The fourth-order valence-corrected chi connectivity index (χ4v) is 1.95. The summed E-state index contributed by atoms with van der Waals surface area (Å²) >= 11 is 0. The van der Waals surface area contributed by atoms with E-state index < -0.39 is 11.5 Å². The van der Waals surface area contributed by atoms with Crippen LogP contribution < -0.4 is 10.3 Å². The maximum absolute atomic E-state index is 11.9.